The lowest BCUT2D eigenvalue weighted by Gasteiger charge is -2.27. The third kappa shape index (κ3) is 17.4. The topological polar surface area (TPSA) is 145 Å². The minimum atomic E-state index is -0.924. The Kier molecular flexibility index (Phi) is 19.7. The number of hydrogen-bond donors (Lipinski definition) is 5. The smallest absolute Gasteiger partial charge is 0.331 e. The van der Waals surface area contributed by atoms with Gasteiger partial charge in [-0.1, -0.05) is 80.5 Å². The molecule has 0 spiro atoms. The normalized spacial score (nSPS) is 26.8. The van der Waals surface area contributed by atoms with Gasteiger partial charge in [-0.25, -0.2) is 4.79 Å². The highest BCUT2D eigenvalue weighted by atomic mass is 16.5. The van der Waals surface area contributed by atoms with E-state index in [0.29, 0.717) is 44.1 Å². The molecule has 286 valence electrons. The van der Waals surface area contributed by atoms with Gasteiger partial charge >= 0.3 is 11.9 Å². The zero-order valence-corrected chi connectivity index (χ0v) is 32.1. The maximum Gasteiger partial charge on any atom is 0.331 e. The predicted molar refractivity (Wildman–Crippen MR) is 205 cm³/mol. The average Bonchev–Trinajstić information content (AvgIpc) is 3.48. The second kappa shape index (κ2) is 22.8. The van der Waals surface area contributed by atoms with E-state index in [1.54, 1.807) is 13.8 Å². The van der Waals surface area contributed by atoms with Gasteiger partial charge in [0.1, 0.15) is 6.10 Å². The van der Waals surface area contributed by atoms with Crippen LogP contribution in [0, 0.1) is 23.7 Å². The summed E-state index contributed by atoms with van der Waals surface area (Å²) in [4.78, 5) is 25.6. The van der Waals surface area contributed by atoms with E-state index in [1.807, 2.05) is 57.2 Å². The first-order valence-electron chi connectivity index (χ1n) is 19.0. The Morgan fingerprint density at radius 2 is 1.67 bits per heavy atom. The van der Waals surface area contributed by atoms with Crippen LogP contribution < -0.4 is 0 Å². The van der Waals surface area contributed by atoms with Crippen LogP contribution in [0.2, 0.25) is 0 Å². The Morgan fingerprint density at radius 3 is 2.33 bits per heavy atom. The summed E-state index contributed by atoms with van der Waals surface area (Å²) in [6.45, 7) is 13.4. The van der Waals surface area contributed by atoms with E-state index < -0.39 is 30.4 Å². The first-order chi connectivity index (χ1) is 24.0. The summed E-state index contributed by atoms with van der Waals surface area (Å²) in [6.07, 6.45) is 21.6. The molecular formula is C43H66O8. The van der Waals surface area contributed by atoms with Gasteiger partial charge in [-0.2, -0.15) is 0 Å². The Balaban J connectivity index is 2.12. The number of cyclic esters (lactones) is 1. The summed E-state index contributed by atoms with van der Waals surface area (Å²) in [7, 11) is 0. The zero-order valence-electron chi connectivity index (χ0n) is 32.1. The number of carbonyl (C=O) groups is 2. The molecule has 5 N–H and O–H groups in total. The van der Waals surface area contributed by atoms with Crippen molar-refractivity contribution in [1.29, 1.82) is 0 Å². The average molecular weight is 711 g/mol. The van der Waals surface area contributed by atoms with Crippen molar-refractivity contribution in [3.8, 4) is 0 Å². The van der Waals surface area contributed by atoms with Crippen molar-refractivity contribution < 1.29 is 39.9 Å². The predicted octanol–water partition coefficient (Wildman–Crippen LogP) is 8.09. The standard InChI is InChI=1S/C43H66O8/c1-28(18-21-37(46)24-33(6)44)12-10-14-35-19-20-36(26-35)27-39(43(49)50)38-15-11-17-42(48)51-41(16-9-8-13-30(38)3)32(5)23-29(2)22-31(4)40(47)25-34(7)45/h8-10,12,14,18,22,26-27,30-34,37-38,40-41,44-47H,11,13,15-17,19-21,23-25H2,1-7H3,(H,49,50)/b9-8+,12-10+,28-18+,29-22+,35-14+,39-27+. The second-order valence-electron chi connectivity index (χ2n) is 15.3. The van der Waals surface area contributed by atoms with Crippen molar-refractivity contribution >= 4 is 11.9 Å². The van der Waals surface area contributed by atoms with Gasteiger partial charge in [0.25, 0.3) is 0 Å². The van der Waals surface area contributed by atoms with E-state index in [0.717, 1.165) is 48.0 Å². The number of carboxylic acids is 1. The van der Waals surface area contributed by atoms with Crippen LogP contribution in [0.1, 0.15) is 119 Å². The van der Waals surface area contributed by atoms with E-state index in [4.69, 9.17) is 4.74 Å². The van der Waals surface area contributed by atoms with Crippen LogP contribution in [-0.2, 0) is 14.3 Å². The molecule has 2 aliphatic rings. The minimum absolute atomic E-state index is 0.0700. The van der Waals surface area contributed by atoms with E-state index in [1.165, 1.54) is 0 Å². The molecule has 51 heavy (non-hydrogen) atoms. The number of carboxylic acid groups (broad SMARTS) is 1. The van der Waals surface area contributed by atoms with E-state index in [2.05, 4.69) is 32.1 Å². The summed E-state index contributed by atoms with van der Waals surface area (Å²) in [5.74, 6) is -1.35. The van der Waals surface area contributed by atoms with Crippen LogP contribution in [-0.4, -0.2) is 68.0 Å². The first-order valence-corrected chi connectivity index (χ1v) is 19.0. The highest BCUT2D eigenvalue weighted by Crippen LogP contribution is 2.34. The fraction of sp³-hybridized carbons (Fsp3) is 0.628. The van der Waals surface area contributed by atoms with Crippen LogP contribution in [0.3, 0.4) is 0 Å². The number of rotatable bonds is 16. The molecule has 8 nitrogen and oxygen atoms in total. The zero-order chi connectivity index (χ0) is 38.1. The van der Waals surface area contributed by atoms with Crippen molar-refractivity contribution in [2.24, 2.45) is 23.7 Å². The molecule has 0 amide bonds. The van der Waals surface area contributed by atoms with Crippen molar-refractivity contribution in [1.82, 2.24) is 0 Å². The molecule has 0 saturated carbocycles. The lowest BCUT2D eigenvalue weighted by Crippen LogP contribution is -2.26. The molecule has 1 heterocycles. The lowest BCUT2D eigenvalue weighted by atomic mass is 9.80. The van der Waals surface area contributed by atoms with Crippen LogP contribution in [0.4, 0.5) is 0 Å². The number of esters is 1. The molecule has 2 rings (SSSR count). The quantitative estimate of drug-likeness (QED) is 0.0468. The van der Waals surface area contributed by atoms with Crippen molar-refractivity contribution in [2.45, 2.75) is 150 Å². The summed E-state index contributed by atoms with van der Waals surface area (Å²) < 4.78 is 5.99. The van der Waals surface area contributed by atoms with Crippen LogP contribution in [0.25, 0.3) is 0 Å². The van der Waals surface area contributed by atoms with Gasteiger partial charge < -0.3 is 30.3 Å². The Labute approximate surface area is 307 Å². The fourth-order valence-corrected chi connectivity index (χ4v) is 7.02. The van der Waals surface area contributed by atoms with Gasteiger partial charge in [0, 0.05) is 24.3 Å². The molecule has 0 aromatic carbocycles. The van der Waals surface area contributed by atoms with Crippen LogP contribution in [0.15, 0.2) is 82.5 Å². The van der Waals surface area contributed by atoms with Gasteiger partial charge in [-0.3, -0.25) is 4.79 Å². The maximum absolute atomic E-state index is 13.0. The molecule has 0 bridgehead atoms. The molecule has 0 fully saturated rings. The van der Waals surface area contributed by atoms with Crippen LogP contribution in [0.5, 0.6) is 0 Å². The summed E-state index contributed by atoms with van der Waals surface area (Å²) >= 11 is 0. The second-order valence-corrected chi connectivity index (χ2v) is 15.3. The summed E-state index contributed by atoms with van der Waals surface area (Å²) in [5.41, 5.74) is 4.63. The summed E-state index contributed by atoms with van der Waals surface area (Å²) in [5, 5.41) is 49.7. The largest absolute Gasteiger partial charge is 0.478 e. The third-order valence-corrected chi connectivity index (χ3v) is 9.98. The molecule has 0 radical (unpaired) electrons. The number of carbonyl (C=O) groups excluding carboxylic acids is 1. The monoisotopic (exact) mass is 710 g/mol. The minimum Gasteiger partial charge on any atom is -0.478 e. The van der Waals surface area contributed by atoms with Crippen molar-refractivity contribution in [3.63, 3.8) is 0 Å². The molecular weight excluding hydrogens is 644 g/mol. The highest BCUT2D eigenvalue weighted by molar-refractivity contribution is 5.88. The van der Waals surface area contributed by atoms with Crippen LogP contribution >= 0.6 is 0 Å². The van der Waals surface area contributed by atoms with E-state index in [9.17, 15) is 35.1 Å². The molecule has 9 unspecified atom stereocenters. The molecule has 0 aromatic rings. The molecule has 0 aromatic heterocycles. The Morgan fingerprint density at radius 1 is 0.980 bits per heavy atom. The Hall–Kier alpha value is -3.04. The molecule has 0 saturated heterocycles. The Bertz CT molecular complexity index is 1330. The van der Waals surface area contributed by atoms with Gasteiger partial charge in [-0.05, 0) is 120 Å². The maximum atomic E-state index is 13.0. The lowest BCUT2D eigenvalue weighted by molar-refractivity contribution is -0.151. The van der Waals surface area contributed by atoms with Gasteiger partial charge in [0.2, 0.25) is 0 Å². The summed E-state index contributed by atoms with van der Waals surface area (Å²) in [6, 6.07) is 0. The number of ether oxygens (including phenoxy) is 1. The van der Waals surface area contributed by atoms with E-state index in [-0.39, 0.29) is 42.2 Å². The number of aliphatic hydroxyl groups excluding tert-OH is 4. The van der Waals surface area contributed by atoms with Gasteiger partial charge in [-0.15, -0.1) is 0 Å². The number of hydrogen-bond acceptors (Lipinski definition) is 7. The van der Waals surface area contributed by atoms with Crippen molar-refractivity contribution in [2.75, 3.05) is 0 Å². The number of aliphatic carboxylic acids is 1. The van der Waals surface area contributed by atoms with Gasteiger partial charge in [0.15, 0.2) is 0 Å². The molecule has 8 heteroatoms. The SMILES string of the molecule is CC(/C=C/C=C1C=C(/C=C(/C(=O)O)C2CCCC(=O)OC(C(C)C/C(C)=C/C(C)C(O)CC(C)O)C/C=C/CC2C)CC/1)=C\CC(O)CC(C)O. The number of aliphatic hydroxyl groups is 4. The molecule has 1 aliphatic carbocycles. The first kappa shape index (κ1) is 44.1. The third-order valence-electron chi connectivity index (χ3n) is 9.98. The van der Waals surface area contributed by atoms with Gasteiger partial charge in [0.05, 0.1) is 24.4 Å². The molecule has 1 aliphatic heterocycles. The van der Waals surface area contributed by atoms with Crippen molar-refractivity contribution in [3.05, 3.63) is 82.5 Å². The van der Waals surface area contributed by atoms with E-state index >= 15 is 0 Å². The fourth-order valence-electron chi connectivity index (χ4n) is 7.02. The number of allylic oxidation sites excluding steroid dienone is 10. The molecule has 9 atom stereocenters. The highest BCUT2D eigenvalue weighted by Gasteiger charge is 2.28.